The Bertz CT molecular complexity index is 959. The number of hydrogen-bond donors (Lipinski definition) is 3. The lowest BCUT2D eigenvalue weighted by molar-refractivity contribution is 0.102. The summed E-state index contributed by atoms with van der Waals surface area (Å²) in [5, 5.41) is 7.79. The van der Waals surface area contributed by atoms with Crippen molar-refractivity contribution >= 4 is 44.9 Å². The van der Waals surface area contributed by atoms with Crippen LogP contribution >= 0.6 is 11.6 Å². The van der Waals surface area contributed by atoms with Crippen molar-refractivity contribution in [1.29, 1.82) is 0 Å². The second kappa shape index (κ2) is 8.38. The SMILES string of the molecule is CNC(=O)Nc1ccc(NC(=O)c2cc(S(=O)(=O)N(C)C)ccc2Cl)cc1. The number of hydrogen-bond acceptors (Lipinski definition) is 4. The van der Waals surface area contributed by atoms with Crippen LogP contribution < -0.4 is 16.0 Å². The zero-order valence-corrected chi connectivity index (χ0v) is 16.5. The second-order valence-electron chi connectivity index (χ2n) is 5.66. The van der Waals surface area contributed by atoms with Gasteiger partial charge in [-0.25, -0.2) is 17.5 Å². The Morgan fingerprint density at radius 2 is 1.52 bits per heavy atom. The molecule has 3 amide bonds. The Kier molecular flexibility index (Phi) is 6.42. The van der Waals surface area contributed by atoms with E-state index in [-0.39, 0.29) is 21.5 Å². The molecule has 0 aliphatic heterocycles. The van der Waals surface area contributed by atoms with Gasteiger partial charge in [-0.1, -0.05) is 11.6 Å². The van der Waals surface area contributed by atoms with E-state index in [0.29, 0.717) is 11.4 Å². The molecule has 0 aliphatic rings. The molecule has 2 aromatic rings. The van der Waals surface area contributed by atoms with Crippen LogP contribution in [0.5, 0.6) is 0 Å². The molecule has 144 valence electrons. The lowest BCUT2D eigenvalue weighted by Crippen LogP contribution is -2.24. The third-order valence-electron chi connectivity index (χ3n) is 3.59. The summed E-state index contributed by atoms with van der Waals surface area (Å²) in [5.74, 6) is -0.553. The summed E-state index contributed by atoms with van der Waals surface area (Å²) in [4.78, 5) is 23.7. The largest absolute Gasteiger partial charge is 0.341 e. The molecule has 0 aromatic heterocycles. The number of amides is 3. The van der Waals surface area contributed by atoms with Crippen LogP contribution in [0.25, 0.3) is 0 Å². The summed E-state index contributed by atoms with van der Waals surface area (Å²) in [6.45, 7) is 0. The maximum Gasteiger partial charge on any atom is 0.318 e. The number of carbonyl (C=O) groups excluding carboxylic acids is 2. The van der Waals surface area contributed by atoms with Gasteiger partial charge in [0.25, 0.3) is 5.91 Å². The third kappa shape index (κ3) is 4.97. The number of anilines is 2. The Hall–Kier alpha value is -2.62. The molecule has 8 nitrogen and oxygen atoms in total. The number of rotatable bonds is 5. The molecule has 2 aromatic carbocycles. The van der Waals surface area contributed by atoms with Gasteiger partial charge < -0.3 is 16.0 Å². The van der Waals surface area contributed by atoms with Gasteiger partial charge in [0.15, 0.2) is 0 Å². The minimum atomic E-state index is -3.69. The zero-order valence-electron chi connectivity index (χ0n) is 14.9. The maximum absolute atomic E-state index is 12.5. The standard InChI is InChI=1S/C17H19ClN4O4S/c1-19-17(24)21-12-6-4-11(5-7-12)20-16(23)14-10-13(8-9-15(14)18)27(25,26)22(2)3/h4-10H,1-3H3,(H,20,23)(H2,19,21,24). The van der Waals surface area contributed by atoms with Crippen molar-refractivity contribution in [1.82, 2.24) is 9.62 Å². The number of benzene rings is 2. The van der Waals surface area contributed by atoms with Gasteiger partial charge in [0, 0.05) is 32.5 Å². The van der Waals surface area contributed by atoms with Crippen LogP contribution in [-0.2, 0) is 10.0 Å². The van der Waals surface area contributed by atoms with E-state index in [1.54, 1.807) is 24.3 Å². The number of nitrogens with one attached hydrogen (secondary N) is 3. The molecular formula is C17H19ClN4O4S. The molecular weight excluding hydrogens is 392 g/mol. The molecule has 0 atom stereocenters. The topological polar surface area (TPSA) is 108 Å². The first-order valence-electron chi connectivity index (χ1n) is 7.77. The molecule has 0 radical (unpaired) electrons. The molecule has 0 aliphatic carbocycles. The van der Waals surface area contributed by atoms with Gasteiger partial charge in [-0.3, -0.25) is 4.79 Å². The fourth-order valence-corrected chi connectivity index (χ4v) is 3.21. The van der Waals surface area contributed by atoms with E-state index < -0.39 is 15.9 Å². The van der Waals surface area contributed by atoms with E-state index in [1.165, 1.54) is 39.3 Å². The number of nitrogens with zero attached hydrogens (tertiary/aromatic N) is 1. The van der Waals surface area contributed by atoms with Gasteiger partial charge in [0.05, 0.1) is 15.5 Å². The average molecular weight is 411 g/mol. The van der Waals surface area contributed by atoms with Gasteiger partial charge in [-0.2, -0.15) is 0 Å². The molecule has 10 heteroatoms. The van der Waals surface area contributed by atoms with Gasteiger partial charge in [0.2, 0.25) is 10.0 Å². The fourth-order valence-electron chi connectivity index (χ4n) is 2.08. The van der Waals surface area contributed by atoms with Gasteiger partial charge >= 0.3 is 6.03 Å². The van der Waals surface area contributed by atoms with Crippen molar-refractivity contribution in [2.24, 2.45) is 0 Å². The summed E-state index contributed by atoms with van der Waals surface area (Å²) < 4.78 is 25.5. The Labute approximate surface area is 162 Å². The van der Waals surface area contributed by atoms with E-state index in [0.717, 1.165) is 4.31 Å². The average Bonchev–Trinajstić information content (AvgIpc) is 2.63. The summed E-state index contributed by atoms with van der Waals surface area (Å²) in [5.41, 5.74) is 1.04. The molecule has 3 N–H and O–H groups in total. The molecule has 27 heavy (non-hydrogen) atoms. The highest BCUT2D eigenvalue weighted by molar-refractivity contribution is 7.89. The smallest absolute Gasteiger partial charge is 0.318 e. The number of sulfonamides is 1. The first-order valence-corrected chi connectivity index (χ1v) is 9.59. The van der Waals surface area contributed by atoms with Crippen LogP contribution in [0, 0.1) is 0 Å². The van der Waals surface area contributed by atoms with Gasteiger partial charge in [0.1, 0.15) is 0 Å². The number of carbonyl (C=O) groups is 2. The fraction of sp³-hybridized carbons (Fsp3) is 0.176. The van der Waals surface area contributed by atoms with Crippen LogP contribution in [0.1, 0.15) is 10.4 Å². The minimum absolute atomic E-state index is 0.0344. The predicted octanol–water partition coefficient (Wildman–Crippen LogP) is 2.59. The van der Waals surface area contributed by atoms with E-state index in [9.17, 15) is 18.0 Å². The first-order chi connectivity index (χ1) is 12.6. The zero-order chi connectivity index (χ0) is 20.2. The normalized spacial score (nSPS) is 11.1. The highest BCUT2D eigenvalue weighted by Gasteiger charge is 2.20. The Balaban J connectivity index is 2.22. The minimum Gasteiger partial charge on any atom is -0.341 e. The molecule has 2 rings (SSSR count). The van der Waals surface area contributed by atoms with E-state index in [1.807, 2.05) is 0 Å². The van der Waals surface area contributed by atoms with Crippen molar-refractivity contribution in [3.8, 4) is 0 Å². The van der Waals surface area contributed by atoms with Crippen molar-refractivity contribution < 1.29 is 18.0 Å². The first kappa shape index (κ1) is 20.7. The summed E-state index contributed by atoms with van der Waals surface area (Å²) in [6, 6.07) is 9.98. The van der Waals surface area contributed by atoms with E-state index in [2.05, 4.69) is 16.0 Å². The lowest BCUT2D eigenvalue weighted by Gasteiger charge is -2.13. The second-order valence-corrected chi connectivity index (χ2v) is 8.22. The highest BCUT2D eigenvalue weighted by Crippen LogP contribution is 2.23. The van der Waals surface area contributed by atoms with Crippen molar-refractivity contribution in [2.75, 3.05) is 31.8 Å². The van der Waals surface area contributed by atoms with Crippen LogP contribution in [-0.4, -0.2) is 45.8 Å². The highest BCUT2D eigenvalue weighted by atomic mass is 35.5. The van der Waals surface area contributed by atoms with Crippen molar-refractivity contribution in [3.05, 3.63) is 53.1 Å². The van der Waals surface area contributed by atoms with Gasteiger partial charge in [-0.15, -0.1) is 0 Å². The van der Waals surface area contributed by atoms with Crippen LogP contribution in [0.4, 0.5) is 16.2 Å². The Morgan fingerprint density at radius 1 is 0.963 bits per heavy atom. The van der Waals surface area contributed by atoms with Crippen LogP contribution in [0.2, 0.25) is 5.02 Å². The van der Waals surface area contributed by atoms with Crippen molar-refractivity contribution in [3.63, 3.8) is 0 Å². The van der Waals surface area contributed by atoms with Crippen LogP contribution in [0.15, 0.2) is 47.4 Å². The molecule has 0 spiro atoms. The number of urea groups is 1. The molecule has 0 bridgehead atoms. The maximum atomic E-state index is 12.5. The summed E-state index contributed by atoms with van der Waals surface area (Å²) in [6.07, 6.45) is 0. The van der Waals surface area contributed by atoms with Crippen LogP contribution in [0.3, 0.4) is 0 Å². The summed E-state index contributed by atoms with van der Waals surface area (Å²) in [7, 11) is 0.606. The molecule has 0 saturated carbocycles. The van der Waals surface area contributed by atoms with E-state index >= 15 is 0 Å². The Morgan fingerprint density at radius 3 is 2.04 bits per heavy atom. The molecule has 0 saturated heterocycles. The molecule has 0 unspecified atom stereocenters. The molecule has 0 heterocycles. The van der Waals surface area contributed by atoms with Gasteiger partial charge in [-0.05, 0) is 42.5 Å². The lowest BCUT2D eigenvalue weighted by atomic mass is 10.2. The van der Waals surface area contributed by atoms with Crippen molar-refractivity contribution in [2.45, 2.75) is 4.90 Å². The predicted molar refractivity (Wildman–Crippen MR) is 105 cm³/mol. The third-order valence-corrected chi connectivity index (χ3v) is 5.73. The number of halogens is 1. The molecule has 0 fully saturated rings. The summed E-state index contributed by atoms with van der Waals surface area (Å²) >= 11 is 6.06. The monoisotopic (exact) mass is 410 g/mol. The van der Waals surface area contributed by atoms with E-state index in [4.69, 9.17) is 11.6 Å². The quantitative estimate of drug-likeness (QED) is 0.704.